The summed E-state index contributed by atoms with van der Waals surface area (Å²) in [6.45, 7) is 6.42. The molecule has 1 saturated heterocycles. The second-order valence-electron chi connectivity index (χ2n) is 5.25. The van der Waals surface area contributed by atoms with Gasteiger partial charge < -0.3 is 5.11 Å². The van der Waals surface area contributed by atoms with Crippen LogP contribution in [0.5, 0.6) is 0 Å². The van der Waals surface area contributed by atoms with E-state index < -0.39 is 11.5 Å². The molecule has 0 unspecified atom stereocenters. The van der Waals surface area contributed by atoms with E-state index in [0.29, 0.717) is 5.41 Å². The molecule has 1 aliphatic heterocycles. The lowest BCUT2D eigenvalue weighted by atomic mass is 9.67. The van der Waals surface area contributed by atoms with E-state index in [1.165, 1.54) is 12.8 Å². The molecular weight excluding hydrogens is 190 g/mol. The lowest BCUT2D eigenvalue weighted by Crippen LogP contribution is -2.70. The number of aliphatic carboxylic acids is 1. The largest absolute Gasteiger partial charge is 0.480 e. The summed E-state index contributed by atoms with van der Waals surface area (Å²) in [7, 11) is 0. The third kappa shape index (κ3) is 1.40. The Balaban J connectivity index is 2.01. The first-order valence-electron chi connectivity index (χ1n) is 6.07. The SMILES string of the molecule is CCC1(CC)CN(C2(C(=O)O)CCC2)C1. The van der Waals surface area contributed by atoms with Crippen molar-refractivity contribution in [2.24, 2.45) is 5.41 Å². The lowest BCUT2D eigenvalue weighted by Gasteiger charge is -2.59. The van der Waals surface area contributed by atoms with E-state index >= 15 is 0 Å². The molecule has 3 nitrogen and oxygen atoms in total. The minimum atomic E-state index is -0.602. The fraction of sp³-hybridized carbons (Fsp3) is 0.917. The number of hydrogen-bond donors (Lipinski definition) is 1. The molecule has 0 radical (unpaired) electrons. The molecule has 2 rings (SSSR count). The average molecular weight is 211 g/mol. The van der Waals surface area contributed by atoms with Gasteiger partial charge in [0, 0.05) is 13.1 Å². The number of likely N-dealkylation sites (tertiary alicyclic amines) is 1. The van der Waals surface area contributed by atoms with Crippen LogP contribution in [0.1, 0.15) is 46.0 Å². The van der Waals surface area contributed by atoms with Gasteiger partial charge in [-0.3, -0.25) is 9.69 Å². The summed E-state index contributed by atoms with van der Waals surface area (Å²) in [6, 6.07) is 0. The Labute approximate surface area is 91.5 Å². The van der Waals surface area contributed by atoms with Gasteiger partial charge >= 0.3 is 5.97 Å². The zero-order valence-corrected chi connectivity index (χ0v) is 9.75. The highest BCUT2D eigenvalue weighted by Gasteiger charge is 2.56. The van der Waals surface area contributed by atoms with Crippen LogP contribution in [0.25, 0.3) is 0 Å². The van der Waals surface area contributed by atoms with Gasteiger partial charge in [-0.25, -0.2) is 0 Å². The molecule has 1 N–H and O–H groups in total. The van der Waals surface area contributed by atoms with Gasteiger partial charge in [-0.2, -0.15) is 0 Å². The minimum Gasteiger partial charge on any atom is -0.480 e. The van der Waals surface area contributed by atoms with Gasteiger partial charge in [0.05, 0.1) is 0 Å². The third-order valence-electron chi connectivity index (χ3n) is 4.74. The maximum absolute atomic E-state index is 11.3. The number of rotatable bonds is 4. The zero-order valence-electron chi connectivity index (χ0n) is 9.75. The summed E-state index contributed by atoms with van der Waals surface area (Å²) in [5.74, 6) is -0.602. The summed E-state index contributed by atoms with van der Waals surface area (Å²) in [5, 5.41) is 9.29. The zero-order chi connectivity index (χ0) is 11.1. The Morgan fingerprint density at radius 1 is 1.27 bits per heavy atom. The van der Waals surface area contributed by atoms with Crippen LogP contribution >= 0.6 is 0 Å². The van der Waals surface area contributed by atoms with E-state index in [1.54, 1.807) is 0 Å². The van der Waals surface area contributed by atoms with Crippen LogP contribution in [-0.4, -0.2) is 34.6 Å². The van der Waals surface area contributed by atoms with E-state index in [4.69, 9.17) is 0 Å². The maximum Gasteiger partial charge on any atom is 0.324 e. The topological polar surface area (TPSA) is 40.5 Å². The minimum absolute atomic E-state index is 0.415. The predicted molar refractivity (Wildman–Crippen MR) is 58.8 cm³/mol. The van der Waals surface area contributed by atoms with Crippen LogP contribution in [0.15, 0.2) is 0 Å². The summed E-state index contributed by atoms with van der Waals surface area (Å²) in [5.41, 5.74) is -0.0636. The van der Waals surface area contributed by atoms with Gasteiger partial charge in [0.2, 0.25) is 0 Å². The Morgan fingerprint density at radius 2 is 1.80 bits per heavy atom. The molecule has 0 aromatic rings. The average Bonchev–Trinajstić information content (AvgIpc) is 2.06. The Hall–Kier alpha value is -0.570. The van der Waals surface area contributed by atoms with Crippen molar-refractivity contribution in [1.82, 2.24) is 4.90 Å². The number of carboxylic acid groups (broad SMARTS) is 1. The molecule has 0 bridgehead atoms. The Kier molecular flexibility index (Phi) is 2.53. The molecule has 1 aliphatic carbocycles. The van der Waals surface area contributed by atoms with Crippen LogP contribution in [0.3, 0.4) is 0 Å². The first-order chi connectivity index (χ1) is 7.08. The summed E-state index contributed by atoms with van der Waals surface area (Å²) in [6.07, 6.45) is 5.14. The molecule has 0 spiro atoms. The fourth-order valence-corrected chi connectivity index (χ4v) is 2.94. The molecule has 0 aromatic heterocycles. The predicted octanol–water partition coefficient (Wildman–Crippen LogP) is 2.12. The normalized spacial score (nSPS) is 27.9. The van der Waals surface area contributed by atoms with Crippen molar-refractivity contribution < 1.29 is 9.90 Å². The van der Waals surface area contributed by atoms with Crippen molar-refractivity contribution in [3.8, 4) is 0 Å². The molecule has 86 valence electrons. The van der Waals surface area contributed by atoms with Crippen molar-refractivity contribution in [3.63, 3.8) is 0 Å². The molecule has 0 amide bonds. The van der Waals surface area contributed by atoms with Gasteiger partial charge in [0.1, 0.15) is 5.54 Å². The van der Waals surface area contributed by atoms with Crippen LogP contribution in [-0.2, 0) is 4.79 Å². The van der Waals surface area contributed by atoms with E-state index in [-0.39, 0.29) is 0 Å². The van der Waals surface area contributed by atoms with Crippen LogP contribution in [0.2, 0.25) is 0 Å². The quantitative estimate of drug-likeness (QED) is 0.774. The van der Waals surface area contributed by atoms with Crippen LogP contribution in [0, 0.1) is 5.41 Å². The molecule has 15 heavy (non-hydrogen) atoms. The smallest absolute Gasteiger partial charge is 0.324 e. The van der Waals surface area contributed by atoms with Crippen molar-refractivity contribution in [1.29, 1.82) is 0 Å². The lowest BCUT2D eigenvalue weighted by molar-refractivity contribution is -0.175. The van der Waals surface area contributed by atoms with Gasteiger partial charge in [-0.05, 0) is 37.5 Å². The molecule has 0 atom stereocenters. The van der Waals surface area contributed by atoms with E-state index in [1.807, 2.05) is 0 Å². The number of hydrogen-bond acceptors (Lipinski definition) is 2. The highest BCUT2D eigenvalue weighted by Crippen LogP contribution is 2.47. The van der Waals surface area contributed by atoms with E-state index in [2.05, 4.69) is 18.7 Å². The third-order valence-corrected chi connectivity index (χ3v) is 4.74. The highest BCUT2D eigenvalue weighted by molar-refractivity contribution is 5.80. The highest BCUT2D eigenvalue weighted by atomic mass is 16.4. The maximum atomic E-state index is 11.3. The number of carboxylic acids is 1. The van der Waals surface area contributed by atoms with E-state index in [9.17, 15) is 9.90 Å². The van der Waals surface area contributed by atoms with Crippen molar-refractivity contribution in [2.45, 2.75) is 51.5 Å². The second-order valence-corrected chi connectivity index (χ2v) is 5.25. The Morgan fingerprint density at radius 3 is 2.07 bits per heavy atom. The molecule has 3 heteroatoms. The summed E-state index contributed by atoms with van der Waals surface area (Å²) in [4.78, 5) is 13.5. The Bertz CT molecular complexity index is 259. The molecule has 2 fully saturated rings. The monoisotopic (exact) mass is 211 g/mol. The van der Waals surface area contributed by atoms with Gasteiger partial charge in [0.15, 0.2) is 0 Å². The van der Waals surface area contributed by atoms with Gasteiger partial charge in [-0.1, -0.05) is 13.8 Å². The van der Waals surface area contributed by atoms with E-state index in [0.717, 1.165) is 32.4 Å². The number of carbonyl (C=O) groups is 1. The molecule has 1 saturated carbocycles. The first kappa shape index (κ1) is 10.9. The molecule has 2 aliphatic rings. The van der Waals surface area contributed by atoms with Crippen molar-refractivity contribution >= 4 is 5.97 Å². The molecular formula is C12H21NO2. The first-order valence-corrected chi connectivity index (χ1v) is 6.07. The van der Waals surface area contributed by atoms with Gasteiger partial charge in [-0.15, -0.1) is 0 Å². The second kappa shape index (κ2) is 3.48. The number of nitrogens with zero attached hydrogens (tertiary/aromatic N) is 1. The standard InChI is InChI=1S/C12H21NO2/c1-3-11(4-2)8-13(9-11)12(10(14)15)6-5-7-12/h3-9H2,1-2H3,(H,14,15). The van der Waals surface area contributed by atoms with Crippen molar-refractivity contribution in [2.75, 3.05) is 13.1 Å². The van der Waals surface area contributed by atoms with Crippen molar-refractivity contribution in [3.05, 3.63) is 0 Å². The fourth-order valence-electron chi connectivity index (χ4n) is 2.94. The van der Waals surface area contributed by atoms with Gasteiger partial charge in [0.25, 0.3) is 0 Å². The summed E-state index contributed by atoms with van der Waals surface area (Å²) < 4.78 is 0. The molecule has 0 aromatic carbocycles. The van der Waals surface area contributed by atoms with Crippen LogP contribution in [0.4, 0.5) is 0 Å². The van der Waals surface area contributed by atoms with Crippen LogP contribution < -0.4 is 0 Å². The summed E-state index contributed by atoms with van der Waals surface area (Å²) >= 11 is 0. The molecule has 1 heterocycles.